The van der Waals surface area contributed by atoms with Crippen LogP contribution in [-0.2, 0) is 11.3 Å². The van der Waals surface area contributed by atoms with E-state index in [2.05, 4.69) is 36.1 Å². The summed E-state index contributed by atoms with van der Waals surface area (Å²) >= 11 is 2.84. The Hall–Kier alpha value is -3.90. The van der Waals surface area contributed by atoms with Gasteiger partial charge in [0.1, 0.15) is 5.69 Å². The molecule has 0 radical (unpaired) electrons. The van der Waals surface area contributed by atoms with Gasteiger partial charge in [-0.3, -0.25) is 14.7 Å². The second-order valence-electron chi connectivity index (χ2n) is 8.33. The summed E-state index contributed by atoms with van der Waals surface area (Å²) in [7, 11) is 0. The van der Waals surface area contributed by atoms with E-state index in [9.17, 15) is 9.59 Å². The number of nitrogen functional groups attached to an aromatic ring is 1. The number of hydrogen-bond acceptors (Lipinski definition) is 9. The molecule has 0 saturated heterocycles. The molecule has 0 spiro atoms. The van der Waals surface area contributed by atoms with Crippen molar-refractivity contribution in [3.63, 3.8) is 0 Å². The van der Waals surface area contributed by atoms with Gasteiger partial charge in [0, 0.05) is 33.1 Å². The van der Waals surface area contributed by atoms with E-state index in [0.717, 1.165) is 34.0 Å². The first-order valence-corrected chi connectivity index (χ1v) is 13.0. The summed E-state index contributed by atoms with van der Waals surface area (Å²) in [6.45, 7) is 2.25. The van der Waals surface area contributed by atoms with Gasteiger partial charge in [-0.25, -0.2) is 9.97 Å². The Kier molecular flexibility index (Phi) is 6.87. The fraction of sp³-hybridized carbons (Fsp3) is 0.208. The lowest BCUT2D eigenvalue weighted by molar-refractivity contribution is -0.117. The Balaban J connectivity index is 1.37. The number of rotatable bonds is 9. The Bertz CT molecular complexity index is 1380. The van der Waals surface area contributed by atoms with Gasteiger partial charge in [-0.15, -0.1) is 11.3 Å². The SMILES string of the molecule is Cc1cc(Nc2nc(Sc3ccc(NC(=O)C4CC4)cc3)nc(C(=O)NCc3cccs3)c2N)n[nH]1. The second kappa shape index (κ2) is 10.4. The molecule has 3 heterocycles. The van der Waals surface area contributed by atoms with E-state index >= 15 is 0 Å². The van der Waals surface area contributed by atoms with Crippen molar-refractivity contribution in [1.29, 1.82) is 0 Å². The van der Waals surface area contributed by atoms with Crippen LogP contribution in [-0.4, -0.2) is 32.0 Å². The summed E-state index contributed by atoms with van der Waals surface area (Å²) < 4.78 is 0. The number of H-pyrrole nitrogens is 1. The van der Waals surface area contributed by atoms with Gasteiger partial charge in [0.05, 0.1) is 6.54 Å². The highest BCUT2D eigenvalue weighted by Gasteiger charge is 2.29. The first-order chi connectivity index (χ1) is 17.4. The molecular formula is C24H24N8O2S2. The molecule has 0 bridgehead atoms. The average molecular weight is 521 g/mol. The summed E-state index contributed by atoms with van der Waals surface area (Å²) in [5, 5.41) is 18.2. The fourth-order valence-corrected chi connectivity index (χ4v) is 4.73. The smallest absolute Gasteiger partial charge is 0.272 e. The summed E-state index contributed by atoms with van der Waals surface area (Å²) in [6.07, 6.45) is 1.90. The van der Waals surface area contributed by atoms with Crippen molar-refractivity contribution in [2.75, 3.05) is 16.4 Å². The number of aryl methyl sites for hydroxylation is 1. The van der Waals surface area contributed by atoms with Gasteiger partial charge in [0.25, 0.3) is 5.91 Å². The lowest BCUT2D eigenvalue weighted by atomic mass is 10.3. The number of aromatic nitrogens is 4. The Morgan fingerprint density at radius 2 is 2.00 bits per heavy atom. The van der Waals surface area contributed by atoms with E-state index in [-0.39, 0.29) is 29.0 Å². The molecule has 36 heavy (non-hydrogen) atoms. The molecule has 1 aliphatic carbocycles. The van der Waals surface area contributed by atoms with Crippen LogP contribution < -0.4 is 21.7 Å². The quantitative estimate of drug-likeness (QED) is 0.205. The molecule has 3 aromatic heterocycles. The molecular weight excluding hydrogens is 496 g/mol. The van der Waals surface area contributed by atoms with Crippen LogP contribution in [0.2, 0.25) is 0 Å². The third kappa shape index (κ3) is 5.83. The molecule has 10 nitrogen and oxygen atoms in total. The first-order valence-electron chi connectivity index (χ1n) is 11.3. The highest BCUT2D eigenvalue weighted by atomic mass is 32.2. The van der Waals surface area contributed by atoms with Crippen LogP contribution in [0.15, 0.2) is 57.9 Å². The maximum Gasteiger partial charge on any atom is 0.272 e. The molecule has 1 aromatic carbocycles. The first kappa shape index (κ1) is 23.8. The standard InChI is InChI=1S/C24H24N8O2S2/c1-13-11-18(32-31-13)28-21-19(25)20(23(34)26-12-17-3-2-10-35-17)29-24(30-21)36-16-8-6-15(7-9-16)27-22(33)14-4-5-14/h2-3,6-11,14H,4-5,12,25H2,1H3,(H,26,34)(H,27,33)(H2,28,29,30,31,32). The Morgan fingerprint density at radius 1 is 1.19 bits per heavy atom. The molecule has 1 aliphatic rings. The predicted molar refractivity (Wildman–Crippen MR) is 140 cm³/mol. The number of hydrogen-bond donors (Lipinski definition) is 5. The minimum Gasteiger partial charge on any atom is -0.394 e. The molecule has 0 aliphatic heterocycles. The van der Waals surface area contributed by atoms with E-state index in [1.54, 1.807) is 17.4 Å². The summed E-state index contributed by atoms with van der Waals surface area (Å²) in [4.78, 5) is 35.9. The lowest BCUT2D eigenvalue weighted by Gasteiger charge is -2.13. The number of nitrogens with two attached hydrogens (primary N) is 1. The maximum atomic E-state index is 13.0. The highest BCUT2D eigenvalue weighted by molar-refractivity contribution is 7.99. The van der Waals surface area contributed by atoms with E-state index in [1.165, 1.54) is 11.8 Å². The average Bonchev–Trinajstić information content (AvgIpc) is 3.44. The normalized spacial score (nSPS) is 12.8. The third-order valence-electron chi connectivity index (χ3n) is 5.38. The molecule has 6 N–H and O–H groups in total. The largest absolute Gasteiger partial charge is 0.394 e. The van der Waals surface area contributed by atoms with Gasteiger partial charge >= 0.3 is 0 Å². The molecule has 4 aromatic rings. The van der Waals surface area contributed by atoms with Crippen molar-refractivity contribution < 1.29 is 9.59 Å². The van der Waals surface area contributed by atoms with Gasteiger partial charge in [-0.05, 0) is 67.2 Å². The molecule has 1 fully saturated rings. The number of benzene rings is 1. The van der Waals surface area contributed by atoms with E-state index in [0.29, 0.717) is 17.5 Å². The summed E-state index contributed by atoms with van der Waals surface area (Å²) in [5.41, 5.74) is 8.11. The molecule has 1 saturated carbocycles. The molecule has 5 rings (SSSR count). The van der Waals surface area contributed by atoms with E-state index in [4.69, 9.17) is 5.73 Å². The minimum absolute atomic E-state index is 0.0554. The highest BCUT2D eigenvalue weighted by Crippen LogP contribution is 2.32. The van der Waals surface area contributed by atoms with Crippen molar-refractivity contribution in [2.24, 2.45) is 5.92 Å². The van der Waals surface area contributed by atoms with Crippen molar-refractivity contribution in [3.8, 4) is 0 Å². The molecule has 0 atom stereocenters. The number of thiophene rings is 1. The topological polar surface area (TPSA) is 151 Å². The summed E-state index contributed by atoms with van der Waals surface area (Å²) in [6, 6.07) is 13.1. The fourth-order valence-electron chi connectivity index (χ4n) is 3.33. The van der Waals surface area contributed by atoms with Gasteiger partial charge in [-0.1, -0.05) is 6.07 Å². The second-order valence-corrected chi connectivity index (χ2v) is 10.4. The third-order valence-corrected chi connectivity index (χ3v) is 7.12. The van der Waals surface area contributed by atoms with Crippen LogP contribution in [0.3, 0.4) is 0 Å². The van der Waals surface area contributed by atoms with Gasteiger partial charge in [0.15, 0.2) is 22.5 Å². The van der Waals surface area contributed by atoms with Crippen LogP contribution in [0.1, 0.15) is 33.9 Å². The van der Waals surface area contributed by atoms with Gasteiger partial charge in [-0.2, -0.15) is 5.10 Å². The zero-order chi connectivity index (χ0) is 25.1. The summed E-state index contributed by atoms with van der Waals surface area (Å²) in [5.74, 6) is 0.600. The van der Waals surface area contributed by atoms with Crippen LogP contribution in [0.25, 0.3) is 0 Å². The number of amides is 2. The number of nitrogens with one attached hydrogen (secondary N) is 4. The monoisotopic (exact) mass is 520 g/mol. The zero-order valence-electron chi connectivity index (χ0n) is 19.4. The van der Waals surface area contributed by atoms with Crippen LogP contribution in [0.5, 0.6) is 0 Å². The number of nitrogens with zero attached hydrogens (tertiary/aromatic N) is 3. The van der Waals surface area contributed by atoms with Crippen LogP contribution >= 0.6 is 23.1 Å². The minimum atomic E-state index is -0.399. The Morgan fingerprint density at radius 3 is 2.67 bits per heavy atom. The molecule has 2 amide bonds. The molecule has 184 valence electrons. The molecule has 12 heteroatoms. The van der Waals surface area contributed by atoms with Gasteiger partial charge < -0.3 is 21.7 Å². The van der Waals surface area contributed by atoms with Crippen molar-refractivity contribution in [3.05, 3.63) is 64.1 Å². The predicted octanol–water partition coefficient (Wildman–Crippen LogP) is 4.33. The van der Waals surface area contributed by atoms with Crippen molar-refractivity contribution >= 4 is 57.9 Å². The van der Waals surface area contributed by atoms with Crippen LogP contribution in [0.4, 0.5) is 23.0 Å². The zero-order valence-corrected chi connectivity index (χ0v) is 21.0. The number of aromatic amines is 1. The van der Waals surface area contributed by atoms with Gasteiger partial charge in [0.2, 0.25) is 5.91 Å². The number of anilines is 4. The van der Waals surface area contributed by atoms with Crippen LogP contribution in [0, 0.1) is 12.8 Å². The van der Waals surface area contributed by atoms with Crippen molar-refractivity contribution in [1.82, 2.24) is 25.5 Å². The number of carbonyl (C=O) groups excluding carboxylic acids is 2. The van der Waals surface area contributed by atoms with E-state index in [1.807, 2.05) is 48.7 Å². The van der Waals surface area contributed by atoms with E-state index < -0.39 is 5.91 Å². The molecule has 0 unspecified atom stereocenters. The Labute approximate surface area is 215 Å². The lowest BCUT2D eigenvalue weighted by Crippen LogP contribution is -2.25. The van der Waals surface area contributed by atoms with Crippen molar-refractivity contribution in [2.45, 2.75) is 36.4 Å². The maximum absolute atomic E-state index is 13.0. The number of carbonyl (C=O) groups is 2.